The fourth-order valence-electron chi connectivity index (χ4n) is 4.46. The SMILES string of the molecule is COc1cc(OC)c([Si](C)(C[Si](C)(C)C)c2c(OC)cc(OC)cc2OC)c(OC)c1. The summed E-state index contributed by atoms with van der Waals surface area (Å²) in [6.07, 6.45) is 0. The third kappa shape index (κ3) is 5.12. The van der Waals surface area contributed by atoms with Crippen LogP contribution in [0.15, 0.2) is 24.3 Å². The van der Waals surface area contributed by atoms with Gasteiger partial charge in [-0.05, 0) is 0 Å². The molecule has 172 valence electrons. The van der Waals surface area contributed by atoms with E-state index < -0.39 is 16.1 Å². The van der Waals surface area contributed by atoms with E-state index in [2.05, 4.69) is 26.2 Å². The Morgan fingerprint density at radius 1 is 0.516 bits per heavy atom. The van der Waals surface area contributed by atoms with Crippen LogP contribution < -0.4 is 38.8 Å². The lowest BCUT2D eigenvalue weighted by Gasteiger charge is -2.37. The summed E-state index contributed by atoms with van der Waals surface area (Å²) in [5.74, 6) is 4.39. The molecule has 0 radical (unpaired) electrons. The molecule has 0 saturated carbocycles. The van der Waals surface area contributed by atoms with Crippen LogP contribution in [0.1, 0.15) is 0 Å². The van der Waals surface area contributed by atoms with Crippen molar-refractivity contribution in [2.24, 2.45) is 0 Å². The summed E-state index contributed by atoms with van der Waals surface area (Å²) in [7, 11) is 5.93. The Balaban J connectivity index is 3.01. The van der Waals surface area contributed by atoms with Gasteiger partial charge in [-0.2, -0.15) is 0 Å². The van der Waals surface area contributed by atoms with Gasteiger partial charge >= 0.3 is 0 Å². The van der Waals surface area contributed by atoms with Gasteiger partial charge in [-0.15, -0.1) is 0 Å². The second-order valence-electron chi connectivity index (χ2n) is 8.88. The van der Waals surface area contributed by atoms with E-state index in [9.17, 15) is 0 Å². The zero-order valence-electron chi connectivity index (χ0n) is 20.5. The van der Waals surface area contributed by atoms with E-state index >= 15 is 0 Å². The highest BCUT2D eigenvalue weighted by Crippen LogP contribution is 2.37. The molecule has 8 heteroatoms. The van der Waals surface area contributed by atoms with Crippen molar-refractivity contribution < 1.29 is 28.4 Å². The molecule has 0 aliphatic carbocycles. The van der Waals surface area contributed by atoms with Crippen LogP contribution in [-0.2, 0) is 0 Å². The largest absolute Gasteiger partial charge is 0.497 e. The van der Waals surface area contributed by atoms with E-state index in [-0.39, 0.29) is 0 Å². The Hall–Kier alpha value is -2.33. The van der Waals surface area contributed by atoms with Crippen molar-refractivity contribution in [3.63, 3.8) is 0 Å². The van der Waals surface area contributed by atoms with Crippen molar-refractivity contribution in [1.82, 2.24) is 0 Å². The Morgan fingerprint density at radius 3 is 1.00 bits per heavy atom. The van der Waals surface area contributed by atoms with Gasteiger partial charge in [0.1, 0.15) is 42.6 Å². The molecule has 0 unspecified atom stereocenters. The summed E-state index contributed by atoms with van der Waals surface area (Å²) >= 11 is 0. The standard InChI is InChI=1S/C23H36O6Si2/c1-24-16-11-18(26-3)22(19(12-16)27-4)31(10,15-30(7,8)9)23-20(28-5)13-17(25-2)14-21(23)29-6/h11-14H,15H2,1-10H3. The van der Waals surface area contributed by atoms with Crippen LogP contribution in [0, 0.1) is 0 Å². The lowest BCUT2D eigenvalue weighted by molar-refractivity contribution is 0.378. The average Bonchev–Trinajstić information content (AvgIpc) is 2.75. The molecule has 31 heavy (non-hydrogen) atoms. The van der Waals surface area contributed by atoms with Gasteiger partial charge in [0.15, 0.2) is 0 Å². The minimum atomic E-state index is -2.52. The van der Waals surface area contributed by atoms with Crippen LogP contribution in [0.3, 0.4) is 0 Å². The molecule has 2 aromatic rings. The van der Waals surface area contributed by atoms with E-state index in [0.717, 1.165) is 39.0 Å². The summed E-state index contributed by atoms with van der Waals surface area (Å²) in [6, 6.07) is 7.71. The first-order valence-corrected chi connectivity index (χ1v) is 16.6. The van der Waals surface area contributed by atoms with Gasteiger partial charge in [0.25, 0.3) is 0 Å². The molecule has 0 fully saturated rings. The molecule has 0 aromatic heterocycles. The lowest BCUT2D eigenvalue weighted by atomic mass is 10.3. The second kappa shape index (κ2) is 9.87. The predicted molar refractivity (Wildman–Crippen MR) is 131 cm³/mol. The average molecular weight is 465 g/mol. The van der Waals surface area contributed by atoms with Gasteiger partial charge in [0.05, 0.1) is 42.7 Å². The molecule has 6 nitrogen and oxygen atoms in total. The van der Waals surface area contributed by atoms with E-state index in [1.807, 2.05) is 24.3 Å². The van der Waals surface area contributed by atoms with E-state index in [1.54, 1.807) is 42.7 Å². The zero-order valence-corrected chi connectivity index (χ0v) is 22.5. The van der Waals surface area contributed by atoms with Gasteiger partial charge < -0.3 is 28.4 Å². The molecule has 2 rings (SSSR count). The molecule has 0 aliphatic heterocycles. The monoisotopic (exact) mass is 464 g/mol. The van der Waals surface area contributed by atoms with Gasteiger partial charge in [-0.1, -0.05) is 31.9 Å². The highest BCUT2D eigenvalue weighted by molar-refractivity contribution is 7.10. The van der Waals surface area contributed by atoms with E-state index in [0.29, 0.717) is 11.5 Å². The number of hydrogen-bond acceptors (Lipinski definition) is 6. The van der Waals surface area contributed by atoms with Crippen molar-refractivity contribution in [2.45, 2.75) is 31.9 Å². The van der Waals surface area contributed by atoms with E-state index in [1.165, 1.54) is 0 Å². The number of methoxy groups -OCH3 is 6. The Labute approximate surface area is 188 Å². The smallest absolute Gasteiger partial charge is 0.132 e. The van der Waals surface area contributed by atoms with Crippen molar-refractivity contribution in [1.29, 1.82) is 0 Å². The minimum absolute atomic E-state index is 0.690. The van der Waals surface area contributed by atoms with Gasteiger partial charge in [-0.25, -0.2) is 0 Å². The molecule has 0 aliphatic rings. The maximum absolute atomic E-state index is 5.89. The number of ether oxygens (including phenoxy) is 6. The van der Waals surface area contributed by atoms with Gasteiger partial charge in [0, 0.05) is 42.7 Å². The van der Waals surface area contributed by atoms with Gasteiger partial charge in [0.2, 0.25) is 0 Å². The topological polar surface area (TPSA) is 55.4 Å². The van der Waals surface area contributed by atoms with Crippen molar-refractivity contribution in [3.05, 3.63) is 24.3 Å². The zero-order chi connectivity index (χ0) is 23.4. The summed E-state index contributed by atoms with van der Waals surface area (Å²) in [6.45, 7) is 9.47. The molecular weight excluding hydrogens is 428 g/mol. The first kappa shape index (κ1) is 24.9. The second-order valence-corrected chi connectivity index (χ2v) is 19.1. The molecule has 0 saturated heterocycles. The van der Waals surface area contributed by atoms with Crippen molar-refractivity contribution >= 4 is 26.5 Å². The normalized spacial score (nSPS) is 11.7. The number of benzene rings is 2. The summed E-state index contributed by atoms with van der Waals surface area (Å²) in [5, 5.41) is 2.14. The molecule has 0 bridgehead atoms. The maximum Gasteiger partial charge on any atom is 0.132 e. The van der Waals surface area contributed by atoms with Crippen LogP contribution in [0.25, 0.3) is 0 Å². The molecular formula is C23H36O6Si2. The lowest BCUT2D eigenvalue weighted by Crippen LogP contribution is -2.60. The third-order valence-corrected chi connectivity index (χ3v) is 15.7. The Kier molecular flexibility index (Phi) is 7.94. The van der Waals surface area contributed by atoms with Crippen molar-refractivity contribution in [3.8, 4) is 34.5 Å². The third-order valence-electron chi connectivity index (χ3n) is 5.42. The fourth-order valence-corrected chi connectivity index (χ4v) is 17.5. The molecule has 0 heterocycles. The van der Waals surface area contributed by atoms with Crippen LogP contribution in [0.5, 0.6) is 34.5 Å². The fraction of sp³-hybridized carbons (Fsp3) is 0.478. The molecule has 0 N–H and O–H groups in total. The first-order chi connectivity index (χ1) is 14.6. The molecule has 2 aromatic carbocycles. The predicted octanol–water partition coefficient (Wildman–Crippen LogP) is 3.81. The number of rotatable bonds is 10. The molecule has 0 atom stereocenters. The van der Waals surface area contributed by atoms with Crippen LogP contribution in [-0.4, -0.2) is 58.8 Å². The summed E-state index contributed by atoms with van der Waals surface area (Å²) in [4.78, 5) is 0. The maximum atomic E-state index is 5.89. The first-order valence-electron chi connectivity index (χ1n) is 10.2. The Morgan fingerprint density at radius 2 is 0.806 bits per heavy atom. The van der Waals surface area contributed by atoms with Crippen LogP contribution in [0.2, 0.25) is 31.9 Å². The minimum Gasteiger partial charge on any atom is -0.497 e. The summed E-state index contributed by atoms with van der Waals surface area (Å²) < 4.78 is 34.5. The van der Waals surface area contributed by atoms with Gasteiger partial charge in [-0.3, -0.25) is 0 Å². The Bertz CT molecular complexity index is 794. The van der Waals surface area contributed by atoms with Crippen molar-refractivity contribution in [2.75, 3.05) is 42.7 Å². The highest BCUT2D eigenvalue weighted by Gasteiger charge is 2.45. The molecule has 0 spiro atoms. The quantitative estimate of drug-likeness (QED) is 0.499. The summed E-state index contributed by atoms with van der Waals surface area (Å²) in [5.41, 5.74) is 1.04. The highest BCUT2D eigenvalue weighted by atomic mass is 28.4. The van der Waals surface area contributed by atoms with E-state index in [4.69, 9.17) is 28.4 Å². The number of hydrogen-bond donors (Lipinski definition) is 0. The molecule has 0 amide bonds. The van der Waals surface area contributed by atoms with Crippen LogP contribution in [0.4, 0.5) is 0 Å². The van der Waals surface area contributed by atoms with Crippen LogP contribution >= 0.6 is 0 Å².